The number of benzene rings is 1. The number of aryl methyl sites for hydroxylation is 3. The minimum atomic E-state index is -0.409. The van der Waals surface area contributed by atoms with Crippen molar-refractivity contribution < 1.29 is 9.21 Å². The van der Waals surface area contributed by atoms with E-state index >= 15 is 0 Å². The molecule has 0 unspecified atom stereocenters. The molecule has 5 nitrogen and oxygen atoms in total. The first-order valence-corrected chi connectivity index (χ1v) is 6.81. The van der Waals surface area contributed by atoms with Crippen LogP contribution in [-0.4, -0.2) is 13.0 Å². The third kappa shape index (κ3) is 3.25. The van der Waals surface area contributed by atoms with Crippen molar-refractivity contribution in [3.05, 3.63) is 52.5 Å². The normalized spacial score (nSPS) is 10.5. The molecule has 21 heavy (non-hydrogen) atoms. The molecular formula is C16H21N3O2. The molecule has 1 aromatic heterocycles. The molecule has 0 aliphatic heterocycles. The lowest BCUT2D eigenvalue weighted by Gasteiger charge is -2.20. The molecule has 5 heteroatoms. The smallest absolute Gasteiger partial charge is 0.301 e. The summed E-state index contributed by atoms with van der Waals surface area (Å²) in [4.78, 5) is 13.6. The molecule has 0 aliphatic rings. The maximum absolute atomic E-state index is 11.6. The van der Waals surface area contributed by atoms with Crippen molar-refractivity contribution in [2.24, 2.45) is 5.84 Å². The number of hydrogen-bond donors (Lipinski definition) is 2. The quantitative estimate of drug-likeness (QED) is 0.515. The van der Waals surface area contributed by atoms with E-state index in [4.69, 9.17) is 10.3 Å². The van der Waals surface area contributed by atoms with E-state index in [2.05, 4.69) is 42.4 Å². The first-order valence-electron chi connectivity index (χ1n) is 6.81. The number of anilines is 1. The van der Waals surface area contributed by atoms with Crippen LogP contribution in [0.25, 0.3) is 0 Å². The van der Waals surface area contributed by atoms with Gasteiger partial charge in [-0.3, -0.25) is 10.2 Å². The SMILES string of the molecule is Cc1ccc(N(C)Cc2cc(C)c(C(=O)NN)o2)c(C)c1. The molecule has 0 spiro atoms. The van der Waals surface area contributed by atoms with Gasteiger partial charge in [-0.25, -0.2) is 5.84 Å². The molecule has 0 fully saturated rings. The molecule has 0 bridgehead atoms. The first kappa shape index (κ1) is 15.1. The van der Waals surface area contributed by atoms with Crippen molar-refractivity contribution in [2.75, 3.05) is 11.9 Å². The summed E-state index contributed by atoms with van der Waals surface area (Å²) in [5.41, 5.74) is 6.45. The van der Waals surface area contributed by atoms with Gasteiger partial charge < -0.3 is 9.32 Å². The largest absolute Gasteiger partial charge is 0.454 e. The topological polar surface area (TPSA) is 71.5 Å². The maximum Gasteiger partial charge on any atom is 0.301 e. The molecule has 2 rings (SSSR count). The fourth-order valence-corrected chi connectivity index (χ4v) is 2.47. The Morgan fingerprint density at radius 1 is 1.24 bits per heavy atom. The van der Waals surface area contributed by atoms with Gasteiger partial charge >= 0.3 is 5.91 Å². The van der Waals surface area contributed by atoms with Crippen molar-refractivity contribution in [3.63, 3.8) is 0 Å². The molecule has 0 aliphatic carbocycles. The summed E-state index contributed by atoms with van der Waals surface area (Å²) in [6.45, 7) is 6.57. The minimum Gasteiger partial charge on any atom is -0.454 e. The number of hydrogen-bond acceptors (Lipinski definition) is 4. The number of nitrogens with one attached hydrogen (secondary N) is 1. The van der Waals surface area contributed by atoms with E-state index in [0.717, 1.165) is 17.0 Å². The number of rotatable bonds is 4. The maximum atomic E-state index is 11.6. The second-order valence-corrected chi connectivity index (χ2v) is 5.34. The summed E-state index contributed by atoms with van der Waals surface area (Å²) < 4.78 is 5.59. The van der Waals surface area contributed by atoms with Crippen LogP contribution in [0.4, 0.5) is 5.69 Å². The zero-order valence-corrected chi connectivity index (χ0v) is 12.9. The van der Waals surface area contributed by atoms with Gasteiger partial charge in [0.1, 0.15) is 5.76 Å². The third-order valence-electron chi connectivity index (χ3n) is 3.46. The van der Waals surface area contributed by atoms with Crippen LogP contribution in [0.2, 0.25) is 0 Å². The van der Waals surface area contributed by atoms with E-state index in [1.165, 1.54) is 11.1 Å². The first-order chi connectivity index (χ1) is 9.92. The number of nitrogens with zero attached hydrogens (tertiary/aromatic N) is 1. The van der Waals surface area contributed by atoms with Gasteiger partial charge in [0, 0.05) is 18.3 Å². The number of carbonyl (C=O) groups excluding carboxylic acids is 1. The lowest BCUT2D eigenvalue weighted by molar-refractivity contribution is 0.0923. The van der Waals surface area contributed by atoms with Crippen molar-refractivity contribution in [2.45, 2.75) is 27.3 Å². The van der Waals surface area contributed by atoms with Gasteiger partial charge in [0.15, 0.2) is 5.76 Å². The van der Waals surface area contributed by atoms with Crippen molar-refractivity contribution >= 4 is 11.6 Å². The predicted octanol–water partition coefficient (Wildman–Crippen LogP) is 2.44. The molecule has 0 radical (unpaired) electrons. The standard InChI is InChI=1S/C16H21N3O2/c1-10-5-6-14(11(2)7-10)19(4)9-13-8-12(3)15(21-13)16(20)18-17/h5-8H,9,17H2,1-4H3,(H,18,20). The Kier molecular flexibility index (Phi) is 4.33. The van der Waals surface area contributed by atoms with Crippen molar-refractivity contribution in [1.29, 1.82) is 0 Å². The zero-order valence-electron chi connectivity index (χ0n) is 12.9. The highest BCUT2D eigenvalue weighted by molar-refractivity contribution is 5.92. The van der Waals surface area contributed by atoms with Gasteiger partial charge in [-0.2, -0.15) is 0 Å². The van der Waals surface area contributed by atoms with E-state index in [1.54, 1.807) is 0 Å². The molecule has 1 amide bonds. The molecule has 112 valence electrons. The van der Waals surface area contributed by atoms with Gasteiger partial charge in [0.05, 0.1) is 6.54 Å². The Hall–Kier alpha value is -2.27. The van der Waals surface area contributed by atoms with Crippen LogP contribution in [0, 0.1) is 20.8 Å². The Bertz CT molecular complexity index is 662. The van der Waals surface area contributed by atoms with E-state index in [9.17, 15) is 4.79 Å². The van der Waals surface area contributed by atoms with E-state index in [1.807, 2.05) is 20.0 Å². The molecular weight excluding hydrogens is 266 g/mol. The molecule has 0 saturated carbocycles. The highest BCUT2D eigenvalue weighted by atomic mass is 16.4. The summed E-state index contributed by atoms with van der Waals surface area (Å²) in [5, 5.41) is 0. The summed E-state index contributed by atoms with van der Waals surface area (Å²) >= 11 is 0. The van der Waals surface area contributed by atoms with E-state index in [-0.39, 0.29) is 5.76 Å². The van der Waals surface area contributed by atoms with Gasteiger partial charge in [0.2, 0.25) is 0 Å². The average Bonchev–Trinajstić information content (AvgIpc) is 2.78. The second-order valence-electron chi connectivity index (χ2n) is 5.34. The lowest BCUT2D eigenvalue weighted by Crippen LogP contribution is -2.30. The van der Waals surface area contributed by atoms with Crippen molar-refractivity contribution in [3.8, 4) is 0 Å². The van der Waals surface area contributed by atoms with Crippen LogP contribution in [0.5, 0.6) is 0 Å². The number of nitrogen functional groups attached to an aromatic ring is 1. The van der Waals surface area contributed by atoms with Crippen LogP contribution in [0.15, 0.2) is 28.7 Å². The molecule has 0 saturated heterocycles. The summed E-state index contributed by atoms with van der Waals surface area (Å²) in [5.74, 6) is 5.72. The number of amides is 1. The third-order valence-corrected chi connectivity index (χ3v) is 3.46. The minimum absolute atomic E-state index is 0.265. The summed E-state index contributed by atoms with van der Waals surface area (Å²) in [6, 6.07) is 8.19. The highest BCUT2D eigenvalue weighted by Gasteiger charge is 2.16. The molecule has 1 heterocycles. The lowest BCUT2D eigenvalue weighted by atomic mass is 10.1. The van der Waals surface area contributed by atoms with Gasteiger partial charge in [-0.15, -0.1) is 0 Å². The fraction of sp³-hybridized carbons (Fsp3) is 0.312. The molecule has 1 aromatic carbocycles. The summed E-state index contributed by atoms with van der Waals surface area (Å²) in [7, 11) is 2.00. The number of hydrazine groups is 1. The van der Waals surface area contributed by atoms with E-state index in [0.29, 0.717) is 6.54 Å². The molecule has 3 N–H and O–H groups in total. The number of nitrogens with two attached hydrogens (primary N) is 1. The van der Waals surface area contributed by atoms with Crippen LogP contribution < -0.4 is 16.2 Å². The Labute approximate surface area is 124 Å². The predicted molar refractivity (Wildman–Crippen MR) is 83.1 cm³/mol. The monoisotopic (exact) mass is 287 g/mol. The van der Waals surface area contributed by atoms with Crippen molar-refractivity contribution in [1.82, 2.24) is 5.43 Å². The summed E-state index contributed by atoms with van der Waals surface area (Å²) in [6.07, 6.45) is 0. The van der Waals surface area contributed by atoms with Gasteiger partial charge in [-0.1, -0.05) is 17.7 Å². The Morgan fingerprint density at radius 3 is 2.57 bits per heavy atom. The van der Waals surface area contributed by atoms with Gasteiger partial charge in [-0.05, 0) is 38.5 Å². The van der Waals surface area contributed by atoms with E-state index < -0.39 is 5.91 Å². The van der Waals surface area contributed by atoms with Crippen LogP contribution in [0.1, 0.15) is 33.0 Å². The van der Waals surface area contributed by atoms with Crippen LogP contribution >= 0.6 is 0 Å². The highest BCUT2D eigenvalue weighted by Crippen LogP contribution is 2.23. The Morgan fingerprint density at radius 2 is 1.95 bits per heavy atom. The zero-order chi connectivity index (χ0) is 15.6. The molecule has 0 atom stereocenters. The van der Waals surface area contributed by atoms with Crippen LogP contribution in [-0.2, 0) is 6.54 Å². The number of furan rings is 1. The van der Waals surface area contributed by atoms with Crippen LogP contribution in [0.3, 0.4) is 0 Å². The Balaban J connectivity index is 2.19. The fourth-order valence-electron chi connectivity index (χ4n) is 2.47. The number of carbonyl (C=O) groups is 1. The van der Waals surface area contributed by atoms with Gasteiger partial charge in [0.25, 0.3) is 0 Å². The second kappa shape index (κ2) is 6.01. The molecule has 2 aromatic rings. The average molecular weight is 287 g/mol.